The maximum Gasteiger partial charge on any atom is 0.321 e. The van der Waals surface area contributed by atoms with Crippen molar-refractivity contribution in [2.24, 2.45) is 0 Å². The number of hydrogen-bond acceptors (Lipinski definition) is 5. The second-order valence-electron chi connectivity index (χ2n) is 4.07. The smallest absolute Gasteiger partial charge is 0.321 e. The Labute approximate surface area is 95.7 Å². The summed E-state index contributed by atoms with van der Waals surface area (Å²) in [7, 11) is -3.42. The van der Waals surface area contributed by atoms with E-state index in [0.717, 1.165) is 25.7 Å². The molecule has 0 heterocycles. The number of hydrogen-bond donors (Lipinski definition) is 1. The van der Waals surface area contributed by atoms with Gasteiger partial charge in [0.05, 0.1) is 5.75 Å². The average Bonchev–Trinajstić information content (AvgIpc) is 2.66. The first kappa shape index (κ1) is 13.4. The van der Waals surface area contributed by atoms with Crippen molar-refractivity contribution in [1.29, 1.82) is 0 Å². The molecule has 5 nitrogen and oxygen atoms in total. The summed E-state index contributed by atoms with van der Waals surface area (Å²) in [6.45, 7) is -0.184. The topological polar surface area (TPSA) is 80.7 Å². The van der Waals surface area contributed by atoms with E-state index in [1.54, 1.807) is 0 Å². The van der Waals surface area contributed by atoms with Crippen molar-refractivity contribution < 1.29 is 23.1 Å². The third kappa shape index (κ3) is 4.94. The first-order valence-corrected chi connectivity index (χ1v) is 7.36. The minimum Gasteiger partial charge on any atom is -0.462 e. The monoisotopic (exact) mass is 250 g/mol. The molecule has 1 saturated carbocycles. The highest BCUT2D eigenvalue weighted by Gasteiger charge is 2.23. The highest BCUT2D eigenvalue weighted by molar-refractivity contribution is 7.92. The molecule has 0 saturated heterocycles. The molecule has 0 aromatic carbocycles. The van der Waals surface area contributed by atoms with Crippen molar-refractivity contribution in [1.82, 2.24) is 0 Å². The second-order valence-corrected chi connectivity index (χ2v) is 6.25. The van der Waals surface area contributed by atoms with Gasteiger partial charge in [-0.15, -0.1) is 0 Å². The van der Waals surface area contributed by atoms with Crippen LogP contribution < -0.4 is 0 Å². The number of rotatable bonds is 6. The molecule has 0 spiro atoms. The summed E-state index contributed by atoms with van der Waals surface area (Å²) in [6.07, 6.45) is 3.81. The Kier molecular flexibility index (Phi) is 5.21. The zero-order valence-electron chi connectivity index (χ0n) is 9.22. The van der Waals surface area contributed by atoms with Gasteiger partial charge in [0.15, 0.2) is 9.84 Å². The number of carbonyl (C=O) groups is 1. The minimum absolute atomic E-state index is 0.0967. The Morgan fingerprint density at radius 2 is 1.94 bits per heavy atom. The molecule has 0 amide bonds. The van der Waals surface area contributed by atoms with Crippen molar-refractivity contribution in [3.63, 3.8) is 0 Å². The number of aliphatic hydroxyl groups excluding tert-OH is 1. The van der Waals surface area contributed by atoms with Crippen molar-refractivity contribution >= 4 is 15.8 Å². The van der Waals surface area contributed by atoms with E-state index in [9.17, 15) is 13.2 Å². The Morgan fingerprint density at radius 1 is 1.31 bits per heavy atom. The molecule has 0 radical (unpaired) electrons. The fraction of sp³-hybridized carbons (Fsp3) is 0.900. The molecule has 6 heteroatoms. The van der Waals surface area contributed by atoms with Crippen molar-refractivity contribution in [2.45, 2.75) is 38.2 Å². The van der Waals surface area contributed by atoms with Crippen LogP contribution in [-0.4, -0.2) is 43.7 Å². The average molecular weight is 250 g/mol. The van der Waals surface area contributed by atoms with Crippen LogP contribution in [0.15, 0.2) is 0 Å². The molecule has 94 valence electrons. The fourth-order valence-corrected chi connectivity index (χ4v) is 2.90. The van der Waals surface area contributed by atoms with E-state index in [4.69, 9.17) is 9.84 Å². The van der Waals surface area contributed by atoms with Crippen LogP contribution in [0.2, 0.25) is 0 Å². The Morgan fingerprint density at radius 3 is 2.50 bits per heavy atom. The molecule has 0 unspecified atom stereocenters. The number of aliphatic hydroxyl groups is 1. The largest absolute Gasteiger partial charge is 0.462 e. The molecular formula is C10H18O5S. The molecule has 0 bridgehead atoms. The molecule has 0 aromatic heterocycles. The summed E-state index contributed by atoms with van der Waals surface area (Å²) in [5, 5.41) is 8.51. The van der Waals surface area contributed by atoms with Crippen LogP contribution in [0.25, 0.3) is 0 Å². The van der Waals surface area contributed by atoms with Gasteiger partial charge < -0.3 is 9.84 Å². The summed E-state index contributed by atoms with van der Waals surface area (Å²) >= 11 is 0. The lowest BCUT2D eigenvalue weighted by molar-refractivity contribution is -0.145. The molecular weight excluding hydrogens is 232 g/mol. The van der Waals surface area contributed by atoms with Gasteiger partial charge in [-0.25, -0.2) is 8.42 Å². The van der Waals surface area contributed by atoms with Crippen LogP contribution in [0, 0.1) is 0 Å². The van der Waals surface area contributed by atoms with E-state index in [-0.39, 0.29) is 24.9 Å². The molecule has 1 aliphatic carbocycles. The van der Waals surface area contributed by atoms with Crippen molar-refractivity contribution in [3.8, 4) is 0 Å². The van der Waals surface area contributed by atoms with Crippen LogP contribution in [-0.2, 0) is 19.4 Å². The fourth-order valence-electron chi connectivity index (χ4n) is 1.76. The maximum atomic E-state index is 11.4. The predicted octanol–water partition coefficient (Wildman–Crippen LogP) is 0.269. The zero-order chi connectivity index (χ0) is 12.0. The molecule has 0 aliphatic heterocycles. The van der Waals surface area contributed by atoms with Crippen LogP contribution in [0.5, 0.6) is 0 Å². The highest BCUT2D eigenvalue weighted by atomic mass is 32.2. The molecule has 16 heavy (non-hydrogen) atoms. The Hall–Kier alpha value is -0.620. The Bertz CT molecular complexity index is 316. The van der Waals surface area contributed by atoms with Gasteiger partial charge in [-0.3, -0.25) is 4.79 Å². The molecule has 0 atom stereocenters. The minimum atomic E-state index is -3.42. The lowest BCUT2D eigenvalue weighted by Gasteiger charge is -2.11. The third-order valence-electron chi connectivity index (χ3n) is 2.55. The van der Waals surface area contributed by atoms with E-state index in [2.05, 4.69) is 0 Å². The van der Waals surface area contributed by atoms with Gasteiger partial charge in [-0.2, -0.15) is 0 Å². The summed E-state index contributed by atoms with van der Waals surface area (Å²) < 4.78 is 27.8. The molecule has 1 rings (SSSR count). The second kappa shape index (κ2) is 6.20. The van der Waals surface area contributed by atoms with Crippen molar-refractivity contribution in [2.75, 3.05) is 18.1 Å². The van der Waals surface area contributed by atoms with Gasteiger partial charge >= 0.3 is 5.97 Å². The maximum absolute atomic E-state index is 11.4. The van der Waals surface area contributed by atoms with Crippen molar-refractivity contribution in [3.05, 3.63) is 0 Å². The number of sulfone groups is 1. The third-order valence-corrected chi connectivity index (χ3v) is 4.14. The first-order chi connectivity index (χ1) is 7.53. The molecule has 1 aliphatic rings. The van der Waals surface area contributed by atoms with Crippen LogP contribution in [0.3, 0.4) is 0 Å². The van der Waals surface area contributed by atoms with Crippen LogP contribution in [0.1, 0.15) is 32.1 Å². The van der Waals surface area contributed by atoms with E-state index < -0.39 is 21.6 Å². The van der Waals surface area contributed by atoms with E-state index in [1.807, 2.05) is 0 Å². The molecule has 1 N–H and O–H groups in total. The van der Waals surface area contributed by atoms with E-state index >= 15 is 0 Å². The highest BCUT2D eigenvalue weighted by Crippen LogP contribution is 2.21. The summed E-state index contributed by atoms with van der Waals surface area (Å²) in [4.78, 5) is 11.3. The van der Waals surface area contributed by atoms with Gasteiger partial charge in [0, 0.05) is 6.61 Å². The Balaban J connectivity index is 2.32. The first-order valence-electron chi connectivity index (χ1n) is 5.54. The van der Waals surface area contributed by atoms with Crippen LogP contribution >= 0.6 is 0 Å². The summed E-state index contributed by atoms with van der Waals surface area (Å²) in [6, 6.07) is 0. The molecule has 0 aromatic rings. The quantitative estimate of drug-likeness (QED) is 0.684. The lowest BCUT2D eigenvalue weighted by Crippen LogP contribution is -2.24. The number of carbonyl (C=O) groups excluding carboxylic acids is 1. The SMILES string of the molecule is O=C(CS(=O)(=O)CCCO)OC1CCCC1. The van der Waals surface area contributed by atoms with Crippen LogP contribution in [0.4, 0.5) is 0 Å². The predicted molar refractivity (Wildman–Crippen MR) is 58.7 cm³/mol. The zero-order valence-corrected chi connectivity index (χ0v) is 10.0. The van der Waals surface area contributed by atoms with Gasteiger partial charge in [-0.05, 0) is 32.1 Å². The number of ether oxygens (including phenoxy) is 1. The standard InChI is InChI=1S/C10H18O5S/c11-6-3-7-16(13,14)8-10(12)15-9-4-1-2-5-9/h9,11H,1-8H2. The van der Waals surface area contributed by atoms with Gasteiger partial charge in [0.1, 0.15) is 11.9 Å². The summed E-state index contributed by atoms with van der Waals surface area (Å²) in [5.41, 5.74) is 0. The van der Waals surface area contributed by atoms with Gasteiger partial charge in [-0.1, -0.05) is 0 Å². The van der Waals surface area contributed by atoms with Gasteiger partial charge in [0.2, 0.25) is 0 Å². The van der Waals surface area contributed by atoms with Gasteiger partial charge in [0.25, 0.3) is 0 Å². The number of esters is 1. The summed E-state index contributed by atoms with van der Waals surface area (Å²) in [5.74, 6) is -1.39. The lowest BCUT2D eigenvalue weighted by atomic mass is 10.3. The van der Waals surface area contributed by atoms with E-state index in [1.165, 1.54) is 0 Å². The normalized spacial score (nSPS) is 17.6. The molecule has 1 fully saturated rings. The van der Waals surface area contributed by atoms with E-state index in [0.29, 0.717) is 0 Å².